The predicted molar refractivity (Wildman–Crippen MR) is 156 cm³/mol. The van der Waals surface area contributed by atoms with E-state index in [1.54, 1.807) is 60.0 Å². The fourth-order valence-electron chi connectivity index (χ4n) is 4.00. The van der Waals surface area contributed by atoms with E-state index >= 15 is 0 Å². The summed E-state index contributed by atoms with van der Waals surface area (Å²) in [6.45, 7) is 2.33. The van der Waals surface area contributed by atoms with Gasteiger partial charge in [-0.2, -0.15) is 0 Å². The smallest absolute Gasteiger partial charge is 0.283 e. The maximum atomic E-state index is 13.1. The zero-order valence-corrected chi connectivity index (χ0v) is 22.9. The van der Waals surface area contributed by atoms with Crippen LogP contribution in [0.5, 0.6) is 5.75 Å². The normalized spacial score (nSPS) is 13.0. The van der Waals surface area contributed by atoms with Crippen LogP contribution in [0.25, 0.3) is 11.3 Å². The van der Waals surface area contributed by atoms with Gasteiger partial charge in [0.25, 0.3) is 17.7 Å². The van der Waals surface area contributed by atoms with E-state index in [0.29, 0.717) is 40.1 Å². The fraction of sp³-hybridized carbons (Fsp3) is 0.0714. The molecule has 1 aliphatic heterocycles. The second-order valence-electron chi connectivity index (χ2n) is 8.58. The summed E-state index contributed by atoms with van der Waals surface area (Å²) in [6, 6.07) is 19.0. The SMILES string of the molecule is CCOc1ccc(N2C(=O)C(Cl)=C(Nc3cccc(C(=O)Nc4nc(-c5cccc(N([O-])O)c5)cs4)c3)C2=O)cc1. The van der Waals surface area contributed by atoms with E-state index < -0.39 is 17.7 Å². The number of carbonyl (C=O) groups excluding carboxylic acids is 3. The highest BCUT2D eigenvalue weighted by atomic mass is 35.5. The molecule has 3 aromatic carbocycles. The molecule has 4 aromatic rings. The summed E-state index contributed by atoms with van der Waals surface area (Å²) < 4.78 is 5.41. The number of thiazole rings is 1. The van der Waals surface area contributed by atoms with E-state index in [1.165, 1.54) is 29.5 Å². The Morgan fingerprint density at radius 2 is 1.85 bits per heavy atom. The van der Waals surface area contributed by atoms with Crippen molar-refractivity contribution in [3.63, 3.8) is 0 Å². The highest BCUT2D eigenvalue weighted by Crippen LogP contribution is 2.32. The Balaban J connectivity index is 1.28. The van der Waals surface area contributed by atoms with Gasteiger partial charge in [0.2, 0.25) is 0 Å². The molecule has 11 nitrogen and oxygen atoms in total. The molecular formula is C28H21ClN5O6S-. The second kappa shape index (κ2) is 11.8. The van der Waals surface area contributed by atoms with Gasteiger partial charge < -0.3 is 20.5 Å². The minimum Gasteiger partial charge on any atom is -0.733 e. The van der Waals surface area contributed by atoms with E-state index in [1.807, 2.05) is 6.92 Å². The minimum absolute atomic E-state index is 0.0469. The number of hydrogen-bond donors (Lipinski definition) is 3. The van der Waals surface area contributed by atoms with Crippen molar-refractivity contribution in [2.45, 2.75) is 6.92 Å². The second-order valence-corrected chi connectivity index (χ2v) is 9.82. The van der Waals surface area contributed by atoms with Crippen molar-refractivity contribution in [1.82, 2.24) is 4.98 Å². The predicted octanol–water partition coefficient (Wildman–Crippen LogP) is 5.59. The van der Waals surface area contributed by atoms with Gasteiger partial charge >= 0.3 is 0 Å². The Bertz CT molecular complexity index is 1670. The van der Waals surface area contributed by atoms with Crippen molar-refractivity contribution in [3.05, 3.63) is 99.7 Å². The molecule has 0 saturated carbocycles. The van der Waals surface area contributed by atoms with Gasteiger partial charge in [0.1, 0.15) is 16.5 Å². The third-order valence-electron chi connectivity index (χ3n) is 5.91. The molecule has 3 amide bonds. The quantitative estimate of drug-likeness (QED) is 0.168. The molecule has 2 heterocycles. The number of aromatic nitrogens is 1. The summed E-state index contributed by atoms with van der Waals surface area (Å²) in [6.07, 6.45) is 0. The Labute approximate surface area is 242 Å². The van der Waals surface area contributed by atoms with Crippen LogP contribution in [0, 0.1) is 5.21 Å². The van der Waals surface area contributed by atoms with E-state index in [-0.39, 0.29) is 27.2 Å². The minimum atomic E-state index is -0.677. The van der Waals surface area contributed by atoms with Crippen molar-refractivity contribution in [1.29, 1.82) is 0 Å². The molecule has 0 bridgehead atoms. The number of carbonyl (C=O) groups is 3. The molecule has 0 atom stereocenters. The number of benzene rings is 3. The Kier molecular flexibility index (Phi) is 7.99. The first-order valence-corrected chi connectivity index (χ1v) is 13.4. The summed E-state index contributed by atoms with van der Waals surface area (Å²) in [5, 5.41) is 27.4. The first kappa shape index (κ1) is 27.8. The third kappa shape index (κ3) is 5.90. The molecule has 3 N–H and O–H groups in total. The van der Waals surface area contributed by atoms with Crippen molar-refractivity contribution in [3.8, 4) is 17.0 Å². The molecule has 5 rings (SSSR count). The molecular weight excluding hydrogens is 570 g/mol. The van der Waals surface area contributed by atoms with Crippen LogP contribution in [-0.4, -0.2) is 34.5 Å². The van der Waals surface area contributed by atoms with Crippen LogP contribution in [0.1, 0.15) is 17.3 Å². The highest BCUT2D eigenvalue weighted by molar-refractivity contribution is 7.14. The first-order chi connectivity index (χ1) is 19.7. The Morgan fingerprint density at radius 3 is 2.59 bits per heavy atom. The number of ether oxygens (including phenoxy) is 1. The molecule has 0 saturated heterocycles. The monoisotopic (exact) mass is 590 g/mol. The van der Waals surface area contributed by atoms with Crippen LogP contribution in [-0.2, 0) is 9.59 Å². The van der Waals surface area contributed by atoms with E-state index in [2.05, 4.69) is 15.6 Å². The number of hydrogen-bond acceptors (Lipinski definition) is 10. The zero-order chi connectivity index (χ0) is 29.1. The molecule has 208 valence electrons. The van der Waals surface area contributed by atoms with Crippen LogP contribution in [0.3, 0.4) is 0 Å². The summed E-state index contributed by atoms with van der Waals surface area (Å²) in [5.74, 6) is -1.18. The lowest BCUT2D eigenvalue weighted by molar-refractivity contribution is -0.120. The van der Waals surface area contributed by atoms with Gasteiger partial charge in [0.05, 0.1) is 23.7 Å². The van der Waals surface area contributed by atoms with Crippen molar-refractivity contribution >= 4 is 62.9 Å². The molecule has 0 aliphatic carbocycles. The summed E-state index contributed by atoms with van der Waals surface area (Å²) in [5.41, 5.74) is 1.98. The van der Waals surface area contributed by atoms with Crippen LogP contribution in [0.2, 0.25) is 0 Å². The summed E-state index contributed by atoms with van der Waals surface area (Å²) in [7, 11) is 0. The van der Waals surface area contributed by atoms with Gasteiger partial charge in [-0.15, -0.1) is 11.3 Å². The third-order valence-corrected chi connectivity index (χ3v) is 7.02. The first-order valence-electron chi connectivity index (χ1n) is 12.2. The van der Waals surface area contributed by atoms with Gasteiger partial charge in [-0.05, 0) is 61.5 Å². The van der Waals surface area contributed by atoms with E-state index in [9.17, 15) is 19.6 Å². The number of nitrogens with one attached hydrogen (secondary N) is 2. The lowest BCUT2D eigenvalue weighted by Crippen LogP contribution is -2.32. The lowest BCUT2D eigenvalue weighted by atomic mass is 10.1. The van der Waals surface area contributed by atoms with E-state index in [4.69, 9.17) is 21.5 Å². The van der Waals surface area contributed by atoms with Crippen LogP contribution in [0.15, 0.2) is 88.9 Å². The zero-order valence-electron chi connectivity index (χ0n) is 21.3. The average molecular weight is 591 g/mol. The van der Waals surface area contributed by atoms with Gasteiger partial charge in [-0.25, -0.2) is 9.88 Å². The fourth-order valence-corrected chi connectivity index (χ4v) is 4.93. The summed E-state index contributed by atoms with van der Waals surface area (Å²) in [4.78, 5) is 44.2. The average Bonchev–Trinajstić information content (AvgIpc) is 3.52. The van der Waals surface area contributed by atoms with Crippen LogP contribution < -0.4 is 25.5 Å². The van der Waals surface area contributed by atoms with Crippen molar-refractivity contribution in [2.75, 3.05) is 27.4 Å². The van der Waals surface area contributed by atoms with Gasteiger partial charge in [0.15, 0.2) is 5.13 Å². The standard InChI is InChI=1S/C28H21ClN5O6S/c1-2-40-21-11-9-19(10-12-21)33-26(36)23(29)24(27(33)37)30-18-7-3-6-17(13-18)25(35)32-28-31-22(15-41-28)16-5-4-8-20(14-16)34(38)39/h3-15,30,38H,2H2,1H3,(H,31,32,35)/q-1. The molecule has 13 heteroatoms. The molecule has 1 aliphatic rings. The molecule has 0 fully saturated rings. The van der Waals surface area contributed by atoms with Gasteiger partial charge in [-0.3, -0.25) is 24.9 Å². The topological polar surface area (TPSA) is 147 Å². The Morgan fingerprint density at radius 1 is 1.10 bits per heavy atom. The highest BCUT2D eigenvalue weighted by Gasteiger charge is 2.39. The number of nitrogens with zero attached hydrogens (tertiary/aromatic N) is 3. The van der Waals surface area contributed by atoms with Crippen LogP contribution in [0.4, 0.5) is 22.2 Å². The molecule has 0 radical (unpaired) electrons. The van der Waals surface area contributed by atoms with Crippen molar-refractivity contribution < 1.29 is 24.3 Å². The number of imide groups is 1. The number of anilines is 4. The molecule has 1 aromatic heterocycles. The number of rotatable bonds is 9. The number of amides is 3. The molecule has 0 spiro atoms. The number of halogens is 1. The van der Waals surface area contributed by atoms with Gasteiger partial charge in [-0.1, -0.05) is 29.8 Å². The maximum Gasteiger partial charge on any atom is 0.283 e. The largest absolute Gasteiger partial charge is 0.733 e. The van der Waals surface area contributed by atoms with Crippen molar-refractivity contribution in [2.24, 2.45) is 0 Å². The Hall–Kier alpha value is -4.75. The van der Waals surface area contributed by atoms with Gasteiger partial charge in [0, 0.05) is 22.2 Å². The lowest BCUT2D eigenvalue weighted by Gasteiger charge is -2.21. The molecule has 41 heavy (non-hydrogen) atoms. The maximum absolute atomic E-state index is 13.1. The molecule has 0 unspecified atom stereocenters. The van der Waals surface area contributed by atoms with E-state index in [0.717, 1.165) is 4.90 Å². The van der Waals surface area contributed by atoms with Crippen LogP contribution >= 0.6 is 22.9 Å². The summed E-state index contributed by atoms with van der Waals surface area (Å²) >= 11 is 7.43.